The lowest BCUT2D eigenvalue weighted by Gasteiger charge is -2.08. The van der Waals surface area contributed by atoms with Crippen LogP contribution in [0, 0.1) is 0 Å². The van der Waals surface area contributed by atoms with Crippen LogP contribution >= 0.6 is 0 Å². The number of carboxylic acid groups (broad SMARTS) is 1. The van der Waals surface area contributed by atoms with E-state index in [2.05, 4.69) is 0 Å². The molecule has 1 unspecified atom stereocenters. The molecule has 0 spiro atoms. The number of hydrogen-bond donors (Lipinski definition) is 3. The molecule has 0 aliphatic heterocycles. The average Bonchev–Trinajstić information content (AvgIpc) is 2.59. The van der Waals surface area contributed by atoms with Crippen LogP contribution in [0.2, 0.25) is 0 Å². The zero-order valence-electron chi connectivity index (χ0n) is 13.8. The molecule has 0 fully saturated rings. The van der Waals surface area contributed by atoms with Gasteiger partial charge in [-0.2, -0.15) is 0 Å². The van der Waals surface area contributed by atoms with Crippen molar-refractivity contribution in [2.75, 3.05) is 13.7 Å². The van der Waals surface area contributed by atoms with Gasteiger partial charge < -0.3 is 20.7 Å². The van der Waals surface area contributed by atoms with Crippen LogP contribution in [0.3, 0.4) is 0 Å². The maximum atomic E-state index is 10.9. The van der Waals surface area contributed by atoms with Crippen molar-refractivity contribution in [1.82, 2.24) is 0 Å². The predicted molar refractivity (Wildman–Crippen MR) is 91.9 cm³/mol. The number of nitrogens with two attached hydrogens (primary N) is 1. The van der Waals surface area contributed by atoms with E-state index in [0.29, 0.717) is 0 Å². The molecule has 126 valence electrons. The fraction of sp³-hybridized carbons (Fsp3) is 0.389. The summed E-state index contributed by atoms with van der Waals surface area (Å²) in [4.78, 5) is 10.9. The van der Waals surface area contributed by atoms with E-state index >= 15 is 0 Å². The topological polar surface area (TPSA) is 92.8 Å². The van der Waals surface area contributed by atoms with Gasteiger partial charge in [-0.15, -0.1) is 0 Å². The van der Waals surface area contributed by atoms with Crippen LogP contribution < -0.4 is 10.5 Å². The lowest BCUT2D eigenvalue weighted by molar-refractivity contribution is -0.138. The van der Waals surface area contributed by atoms with Crippen LogP contribution in [-0.2, 0) is 4.79 Å². The van der Waals surface area contributed by atoms with Crippen molar-refractivity contribution in [3.05, 3.63) is 42.0 Å². The molecule has 5 nitrogen and oxygen atoms in total. The largest absolute Gasteiger partial charge is 0.497 e. The molecule has 2 aromatic rings. The lowest BCUT2D eigenvalue weighted by Crippen LogP contribution is -2.22. The number of ether oxygens (including phenoxy) is 1. The molecule has 0 amide bonds. The fourth-order valence-corrected chi connectivity index (χ4v) is 1.91. The van der Waals surface area contributed by atoms with E-state index in [-0.39, 0.29) is 12.6 Å². The summed E-state index contributed by atoms with van der Waals surface area (Å²) in [5.74, 6) is -0.490. The summed E-state index contributed by atoms with van der Waals surface area (Å²) in [5, 5.41) is 19.3. The Hall–Kier alpha value is -2.11. The van der Waals surface area contributed by atoms with Gasteiger partial charge in [0.15, 0.2) is 0 Å². The highest BCUT2D eigenvalue weighted by atomic mass is 16.5. The van der Waals surface area contributed by atoms with Crippen LogP contribution in [0.25, 0.3) is 10.8 Å². The van der Waals surface area contributed by atoms with Crippen LogP contribution in [0.15, 0.2) is 36.4 Å². The van der Waals surface area contributed by atoms with Gasteiger partial charge in [-0.1, -0.05) is 31.2 Å². The molecular formula is C18H25NO4. The molecule has 5 heteroatoms. The van der Waals surface area contributed by atoms with E-state index in [1.54, 1.807) is 14.0 Å². The second-order valence-corrected chi connectivity index (χ2v) is 5.38. The number of rotatable bonds is 5. The van der Waals surface area contributed by atoms with Crippen molar-refractivity contribution in [3.8, 4) is 5.75 Å². The Balaban J connectivity index is 0.000000379. The second-order valence-electron chi connectivity index (χ2n) is 5.38. The summed E-state index contributed by atoms with van der Waals surface area (Å²) in [7, 11) is 1.63. The molecule has 0 aromatic heterocycles. The van der Waals surface area contributed by atoms with Crippen LogP contribution in [0.4, 0.5) is 0 Å². The first kappa shape index (κ1) is 18.9. The summed E-state index contributed by atoms with van der Waals surface area (Å²) in [6.07, 6.45) is 0.858. The summed E-state index contributed by atoms with van der Waals surface area (Å²) in [5.41, 5.74) is 6.04. The summed E-state index contributed by atoms with van der Waals surface area (Å²) >= 11 is 0. The quantitative estimate of drug-likeness (QED) is 0.788. The van der Waals surface area contributed by atoms with E-state index in [0.717, 1.165) is 28.5 Å². The second kappa shape index (κ2) is 9.12. The Morgan fingerprint density at radius 2 is 1.83 bits per heavy atom. The van der Waals surface area contributed by atoms with Crippen molar-refractivity contribution in [2.24, 2.45) is 5.73 Å². The predicted octanol–water partition coefficient (Wildman–Crippen LogP) is 2.75. The molecule has 0 bridgehead atoms. The van der Waals surface area contributed by atoms with Crippen molar-refractivity contribution in [3.63, 3.8) is 0 Å². The summed E-state index contributed by atoms with van der Waals surface area (Å²) in [6, 6.07) is 11.4. The van der Waals surface area contributed by atoms with Gasteiger partial charge >= 0.3 is 5.97 Å². The standard InChI is InChI=1S/C14H14O3.C4H11NO/c1-9(14(15)16)10-3-4-12-8-13(17-2)6-5-11(12)7-10;1-2-4(5)3-6/h3-9H,1-2H3,(H,15,16);4,6H,2-3,5H2,1H3/t9-;/m0./s1. The number of hydrogen-bond acceptors (Lipinski definition) is 4. The number of aliphatic hydroxyl groups is 1. The first-order valence-electron chi connectivity index (χ1n) is 7.59. The number of aliphatic carboxylic acids is 1. The van der Waals surface area contributed by atoms with Gasteiger partial charge in [0.2, 0.25) is 0 Å². The number of methoxy groups -OCH3 is 1. The number of carboxylic acids is 1. The molecule has 0 saturated heterocycles. The van der Waals surface area contributed by atoms with E-state index < -0.39 is 11.9 Å². The SMILES string of the molecule is CCC(N)CO.COc1ccc2cc([C@H](C)C(=O)O)ccc2c1. The molecule has 0 radical (unpaired) electrons. The van der Waals surface area contributed by atoms with Gasteiger partial charge in [0.1, 0.15) is 5.75 Å². The van der Waals surface area contributed by atoms with Gasteiger partial charge in [0.25, 0.3) is 0 Å². The van der Waals surface area contributed by atoms with E-state index in [1.807, 2.05) is 43.3 Å². The van der Waals surface area contributed by atoms with Gasteiger partial charge in [-0.05, 0) is 41.8 Å². The van der Waals surface area contributed by atoms with Crippen molar-refractivity contribution in [1.29, 1.82) is 0 Å². The molecule has 2 aromatic carbocycles. The van der Waals surface area contributed by atoms with Crippen molar-refractivity contribution in [2.45, 2.75) is 32.2 Å². The molecule has 4 N–H and O–H groups in total. The Bertz CT molecular complexity index is 638. The first-order chi connectivity index (χ1) is 10.9. The zero-order chi connectivity index (χ0) is 17.4. The Morgan fingerprint density at radius 3 is 2.30 bits per heavy atom. The van der Waals surface area contributed by atoms with E-state index in [9.17, 15) is 4.79 Å². The molecule has 23 heavy (non-hydrogen) atoms. The summed E-state index contributed by atoms with van der Waals surface area (Å²) in [6.45, 7) is 3.74. The van der Waals surface area contributed by atoms with Crippen LogP contribution in [0.5, 0.6) is 5.75 Å². The number of fused-ring (bicyclic) bond motifs is 1. The molecule has 0 aliphatic carbocycles. The Morgan fingerprint density at radius 1 is 1.22 bits per heavy atom. The monoisotopic (exact) mass is 319 g/mol. The third-order valence-electron chi connectivity index (χ3n) is 3.70. The van der Waals surface area contributed by atoms with Gasteiger partial charge in [0.05, 0.1) is 19.6 Å². The highest BCUT2D eigenvalue weighted by Crippen LogP contribution is 2.25. The van der Waals surface area contributed by atoms with E-state index in [1.165, 1.54) is 0 Å². The molecular weight excluding hydrogens is 294 g/mol. The van der Waals surface area contributed by atoms with Gasteiger partial charge in [0, 0.05) is 6.04 Å². The average molecular weight is 319 g/mol. The molecule has 0 aliphatic rings. The number of carbonyl (C=O) groups is 1. The smallest absolute Gasteiger partial charge is 0.310 e. The van der Waals surface area contributed by atoms with E-state index in [4.69, 9.17) is 20.7 Å². The Kier molecular flexibility index (Phi) is 7.51. The molecule has 2 rings (SSSR count). The maximum Gasteiger partial charge on any atom is 0.310 e. The van der Waals surface area contributed by atoms with Crippen LogP contribution in [0.1, 0.15) is 31.7 Å². The number of benzene rings is 2. The lowest BCUT2D eigenvalue weighted by atomic mass is 9.98. The number of aliphatic hydroxyl groups excluding tert-OH is 1. The normalized spacial score (nSPS) is 12.9. The van der Waals surface area contributed by atoms with Crippen molar-refractivity contribution >= 4 is 16.7 Å². The van der Waals surface area contributed by atoms with Crippen LogP contribution in [-0.4, -0.2) is 35.9 Å². The third-order valence-corrected chi connectivity index (χ3v) is 3.70. The third kappa shape index (κ3) is 5.54. The highest BCUT2D eigenvalue weighted by molar-refractivity contribution is 5.86. The molecule has 2 atom stereocenters. The zero-order valence-corrected chi connectivity index (χ0v) is 13.8. The minimum atomic E-state index is -0.808. The summed E-state index contributed by atoms with van der Waals surface area (Å²) < 4.78 is 5.14. The minimum absolute atomic E-state index is 0.00926. The molecule has 0 heterocycles. The molecule has 0 saturated carbocycles. The fourth-order valence-electron chi connectivity index (χ4n) is 1.91. The Labute approximate surface area is 136 Å². The van der Waals surface area contributed by atoms with Gasteiger partial charge in [-0.3, -0.25) is 4.79 Å². The maximum absolute atomic E-state index is 10.9. The van der Waals surface area contributed by atoms with Gasteiger partial charge in [-0.25, -0.2) is 0 Å². The minimum Gasteiger partial charge on any atom is -0.497 e. The highest BCUT2D eigenvalue weighted by Gasteiger charge is 2.13. The first-order valence-corrected chi connectivity index (χ1v) is 7.59. The van der Waals surface area contributed by atoms with Crippen molar-refractivity contribution < 1.29 is 19.7 Å².